The lowest BCUT2D eigenvalue weighted by molar-refractivity contribution is 0.0769. The van der Waals surface area contributed by atoms with Crippen molar-refractivity contribution in [3.63, 3.8) is 0 Å². The fourth-order valence-electron chi connectivity index (χ4n) is 3.49. The normalized spacial score (nSPS) is 15.9. The molecule has 1 N–H and O–H groups in total. The Hall–Kier alpha value is -3.66. The lowest BCUT2D eigenvalue weighted by Gasteiger charge is -2.17. The molecular formula is C23H25N5O4S. The highest BCUT2D eigenvalue weighted by Gasteiger charge is 2.28. The first-order chi connectivity index (χ1) is 15.8. The van der Waals surface area contributed by atoms with Gasteiger partial charge in [-0.05, 0) is 50.2 Å². The molecule has 0 aliphatic carbocycles. The summed E-state index contributed by atoms with van der Waals surface area (Å²) in [4.78, 5) is 12.8. The van der Waals surface area contributed by atoms with E-state index in [1.54, 1.807) is 49.4 Å². The van der Waals surface area contributed by atoms with E-state index in [-0.39, 0.29) is 22.5 Å². The van der Waals surface area contributed by atoms with Crippen molar-refractivity contribution in [3.05, 3.63) is 72.0 Å². The average Bonchev–Trinajstić information content (AvgIpc) is 3.42. The number of sulfonamides is 1. The minimum absolute atomic E-state index is 0.0580. The van der Waals surface area contributed by atoms with Gasteiger partial charge in [0.2, 0.25) is 0 Å². The van der Waals surface area contributed by atoms with Crippen LogP contribution in [0.2, 0.25) is 0 Å². The number of benzene rings is 2. The lowest BCUT2D eigenvalue weighted by Crippen LogP contribution is -2.29. The number of aromatic nitrogens is 1. The second-order valence-corrected chi connectivity index (χ2v) is 9.83. The number of rotatable bonds is 7. The molecule has 0 saturated carbocycles. The van der Waals surface area contributed by atoms with Crippen LogP contribution in [-0.4, -0.2) is 50.3 Å². The number of anilines is 2. The second kappa shape index (κ2) is 9.07. The van der Waals surface area contributed by atoms with Gasteiger partial charge in [-0.25, -0.2) is 13.4 Å². The van der Waals surface area contributed by atoms with Crippen LogP contribution < -0.4 is 9.62 Å². The Balaban J connectivity index is 1.37. The van der Waals surface area contributed by atoms with Gasteiger partial charge in [-0.1, -0.05) is 23.4 Å². The molecule has 2 heterocycles. The Bertz CT molecular complexity index is 1270. The van der Waals surface area contributed by atoms with Crippen molar-refractivity contribution in [2.75, 3.05) is 29.8 Å². The molecule has 1 atom stereocenters. The van der Waals surface area contributed by atoms with Crippen molar-refractivity contribution in [1.29, 1.82) is 0 Å². The third kappa shape index (κ3) is 4.75. The van der Waals surface area contributed by atoms with E-state index in [0.29, 0.717) is 24.4 Å². The van der Waals surface area contributed by atoms with Gasteiger partial charge in [-0.3, -0.25) is 9.10 Å². The van der Waals surface area contributed by atoms with Crippen LogP contribution in [-0.2, 0) is 10.0 Å². The van der Waals surface area contributed by atoms with Crippen LogP contribution in [0.3, 0.4) is 0 Å². The number of amides is 1. The van der Waals surface area contributed by atoms with Crippen molar-refractivity contribution in [1.82, 2.24) is 10.2 Å². The first kappa shape index (κ1) is 22.5. The first-order valence-corrected chi connectivity index (χ1v) is 11.9. The molecule has 0 bridgehead atoms. The van der Waals surface area contributed by atoms with E-state index < -0.39 is 10.0 Å². The van der Waals surface area contributed by atoms with Gasteiger partial charge in [-0.2, -0.15) is 5.10 Å². The maximum atomic E-state index is 12.9. The van der Waals surface area contributed by atoms with Gasteiger partial charge in [0.1, 0.15) is 5.76 Å². The Kier molecular flexibility index (Phi) is 6.19. The molecule has 172 valence electrons. The van der Waals surface area contributed by atoms with Crippen LogP contribution in [0.5, 0.6) is 0 Å². The summed E-state index contributed by atoms with van der Waals surface area (Å²) in [6, 6.07) is 17.1. The Morgan fingerprint density at radius 2 is 1.85 bits per heavy atom. The second-order valence-electron chi connectivity index (χ2n) is 7.87. The Morgan fingerprint density at radius 3 is 2.48 bits per heavy atom. The topological polar surface area (TPSA) is 108 Å². The molecule has 0 spiro atoms. The SMILES string of the molecule is CC1=NN(C(=O)c2ccccc2)CC1CNc1ccc(S(=O)(=O)N(C)c2cc(C)on2)cc1. The van der Waals surface area contributed by atoms with E-state index in [4.69, 9.17) is 4.52 Å². The standard InChI is InChI=1S/C23H25N5O4S/c1-16-13-22(26-32-16)27(3)33(30,31)21-11-9-20(10-12-21)24-14-19-15-28(25-17(19)2)23(29)18-7-5-4-6-8-18/h4-13,19,24H,14-15H2,1-3H3. The molecule has 0 radical (unpaired) electrons. The summed E-state index contributed by atoms with van der Waals surface area (Å²) in [7, 11) is -2.32. The van der Waals surface area contributed by atoms with Gasteiger partial charge in [0.15, 0.2) is 5.82 Å². The molecular weight excluding hydrogens is 442 g/mol. The zero-order chi connectivity index (χ0) is 23.6. The quantitative estimate of drug-likeness (QED) is 0.571. The summed E-state index contributed by atoms with van der Waals surface area (Å²) in [6.07, 6.45) is 0. The van der Waals surface area contributed by atoms with E-state index >= 15 is 0 Å². The molecule has 4 rings (SSSR count). The number of carbonyl (C=O) groups is 1. The molecule has 3 aromatic rings. The zero-order valence-corrected chi connectivity index (χ0v) is 19.4. The molecule has 33 heavy (non-hydrogen) atoms. The van der Waals surface area contributed by atoms with E-state index in [0.717, 1.165) is 15.7 Å². The van der Waals surface area contributed by atoms with Crippen molar-refractivity contribution >= 4 is 33.1 Å². The van der Waals surface area contributed by atoms with E-state index in [1.807, 2.05) is 25.1 Å². The molecule has 1 unspecified atom stereocenters. The van der Waals surface area contributed by atoms with Gasteiger partial charge < -0.3 is 9.84 Å². The van der Waals surface area contributed by atoms with Crippen molar-refractivity contribution in [2.45, 2.75) is 18.7 Å². The number of hydrazone groups is 1. The van der Waals surface area contributed by atoms with Crippen molar-refractivity contribution in [2.24, 2.45) is 11.0 Å². The van der Waals surface area contributed by atoms with E-state index in [2.05, 4.69) is 15.6 Å². The van der Waals surface area contributed by atoms with Gasteiger partial charge in [0.05, 0.1) is 11.4 Å². The summed E-state index contributed by atoms with van der Waals surface area (Å²) in [6.45, 7) is 4.66. The summed E-state index contributed by atoms with van der Waals surface area (Å²) in [5, 5.41) is 13.0. The summed E-state index contributed by atoms with van der Waals surface area (Å²) in [5.41, 5.74) is 2.25. The van der Waals surface area contributed by atoms with Crippen molar-refractivity contribution in [3.8, 4) is 0 Å². The zero-order valence-electron chi connectivity index (χ0n) is 18.6. The van der Waals surface area contributed by atoms with Gasteiger partial charge >= 0.3 is 0 Å². The molecule has 1 amide bonds. The Morgan fingerprint density at radius 1 is 1.15 bits per heavy atom. The molecule has 1 aromatic heterocycles. The highest BCUT2D eigenvalue weighted by atomic mass is 32.2. The monoisotopic (exact) mass is 467 g/mol. The number of nitrogens with zero attached hydrogens (tertiary/aromatic N) is 4. The van der Waals surface area contributed by atoms with Crippen LogP contribution in [0.15, 0.2) is 75.2 Å². The largest absolute Gasteiger partial charge is 0.384 e. The van der Waals surface area contributed by atoms with Crippen LogP contribution >= 0.6 is 0 Å². The third-order valence-electron chi connectivity index (χ3n) is 5.52. The summed E-state index contributed by atoms with van der Waals surface area (Å²) in [5.74, 6) is 0.683. The number of hydrogen-bond donors (Lipinski definition) is 1. The molecule has 0 saturated heterocycles. The van der Waals surface area contributed by atoms with Crippen LogP contribution in [0.1, 0.15) is 23.0 Å². The fourth-order valence-corrected chi connectivity index (χ4v) is 4.62. The molecule has 1 aliphatic heterocycles. The molecule has 1 aliphatic rings. The summed E-state index contributed by atoms with van der Waals surface area (Å²) >= 11 is 0. The maximum absolute atomic E-state index is 12.9. The minimum atomic E-state index is -3.76. The lowest BCUT2D eigenvalue weighted by atomic mass is 10.1. The molecule has 2 aromatic carbocycles. The number of aryl methyl sites for hydroxylation is 1. The highest BCUT2D eigenvalue weighted by Crippen LogP contribution is 2.23. The van der Waals surface area contributed by atoms with Gasteiger partial charge in [0.25, 0.3) is 15.9 Å². The van der Waals surface area contributed by atoms with Gasteiger partial charge in [0, 0.05) is 42.5 Å². The van der Waals surface area contributed by atoms with E-state index in [1.165, 1.54) is 12.1 Å². The van der Waals surface area contributed by atoms with Crippen molar-refractivity contribution < 1.29 is 17.7 Å². The predicted octanol–water partition coefficient (Wildman–Crippen LogP) is 3.37. The molecule has 10 heteroatoms. The predicted molar refractivity (Wildman–Crippen MR) is 126 cm³/mol. The molecule has 9 nitrogen and oxygen atoms in total. The Labute approximate surface area is 192 Å². The van der Waals surface area contributed by atoms with E-state index in [9.17, 15) is 13.2 Å². The van der Waals surface area contributed by atoms with Crippen LogP contribution in [0, 0.1) is 12.8 Å². The smallest absolute Gasteiger partial charge is 0.273 e. The fraction of sp³-hybridized carbons (Fsp3) is 0.261. The van der Waals surface area contributed by atoms with Gasteiger partial charge in [-0.15, -0.1) is 0 Å². The van der Waals surface area contributed by atoms with Crippen LogP contribution in [0.4, 0.5) is 11.5 Å². The number of carbonyl (C=O) groups excluding carboxylic acids is 1. The maximum Gasteiger partial charge on any atom is 0.273 e. The highest BCUT2D eigenvalue weighted by molar-refractivity contribution is 7.92. The third-order valence-corrected chi connectivity index (χ3v) is 7.30. The number of hydrogen-bond acceptors (Lipinski definition) is 7. The van der Waals surface area contributed by atoms with Crippen LogP contribution in [0.25, 0.3) is 0 Å². The number of nitrogens with one attached hydrogen (secondary N) is 1. The molecule has 0 fully saturated rings. The summed E-state index contributed by atoms with van der Waals surface area (Å²) < 4.78 is 31.8. The first-order valence-electron chi connectivity index (χ1n) is 10.4. The average molecular weight is 468 g/mol. The minimum Gasteiger partial charge on any atom is -0.384 e.